The number of imide groups is 1. The van der Waals surface area contributed by atoms with Gasteiger partial charge in [0.2, 0.25) is 11.8 Å². The second-order valence-electron chi connectivity index (χ2n) is 8.33. The minimum Gasteiger partial charge on any atom is -0.365 e. The Labute approximate surface area is 175 Å². The lowest BCUT2D eigenvalue weighted by atomic mass is 9.92. The van der Waals surface area contributed by atoms with E-state index < -0.39 is 5.92 Å². The second-order valence-corrected chi connectivity index (χ2v) is 8.33. The predicted molar refractivity (Wildman–Crippen MR) is 112 cm³/mol. The highest BCUT2D eigenvalue weighted by molar-refractivity contribution is 6.02. The van der Waals surface area contributed by atoms with Gasteiger partial charge in [-0.2, -0.15) is 5.10 Å². The molecule has 2 aliphatic heterocycles. The molecular weight excluding hydrogens is 380 g/mol. The number of amides is 2. The Morgan fingerprint density at radius 3 is 2.73 bits per heavy atom. The summed E-state index contributed by atoms with van der Waals surface area (Å²) >= 11 is 0. The van der Waals surface area contributed by atoms with Gasteiger partial charge in [0.25, 0.3) is 0 Å². The summed E-state index contributed by atoms with van der Waals surface area (Å²) in [4.78, 5) is 24.0. The van der Waals surface area contributed by atoms with Gasteiger partial charge in [0.15, 0.2) is 0 Å². The summed E-state index contributed by atoms with van der Waals surface area (Å²) in [6, 6.07) is 6.35. The van der Waals surface area contributed by atoms with Gasteiger partial charge in [-0.3, -0.25) is 19.6 Å². The molecule has 2 amide bonds. The fourth-order valence-electron chi connectivity index (χ4n) is 4.37. The Hall–Kier alpha value is -2.69. The van der Waals surface area contributed by atoms with Crippen LogP contribution in [0.5, 0.6) is 0 Å². The van der Waals surface area contributed by atoms with Gasteiger partial charge in [-0.15, -0.1) is 0 Å². The van der Waals surface area contributed by atoms with Crippen LogP contribution in [0.15, 0.2) is 18.2 Å². The monoisotopic (exact) mass is 406 g/mol. The molecule has 1 atom stereocenters. The molecule has 3 aliphatic rings. The van der Waals surface area contributed by atoms with Crippen molar-refractivity contribution in [2.75, 3.05) is 19.7 Å². The van der Waals surface area contributed by atoms with E-state index in [2.05, 4.69) is 22.5 Å². The number of carbonyl (C=O) groups is 2. The van der Waals surface area contributed by atoms with Gasteiger partial charge in [0, 0.05) is 11.8 Å². The van der Waals surface area contributed by atoms with Gasteiger partial charge in [-0.25, -0.2) is 0 Å². The molecule has 0 spiro atoms. The van der Waals surface area contributed by atoms with Gasteiger partial charge < -0.3 is 10.1 Å². The SMILES string of the molecule is O=C1CCC(c2nn(C3CC3)c3c(C#CCOC4CCNCC4)cccc23)C(=O)N1. The van der Waals surface area contributed by atoms with Gasteiger partial charge in [0.1, 0.15) is 6.61 Å². The molecule has 1 unspecified atom stereocenters. The summed E-state index contributed by atoms with van der Waals surface area (Å²) in [5.41, 5.74) is 2.67. The highest BCUT2D eigenvalue weighted by atomic mass is 16.5. The number of piperidine rings is 2. The fraction of sp³-hybridized carbons (Fsp3) is 0.522. The summed E-state index contributed by atoms with van der Waals surface area (Å²) in [5, 5.41) is 11.6. The molecular formula is C23H26N4O3. The first-order valence-electron chi connectivity index (χ1n) is 10.9. The third-order valence-electron chi connectivity index (χ3n) is 6.12. The van der Waals surface area contributed by atoms with E-state index in [-0.39, 0.29) is 17.9 Å². The standard InChI is InChI=1S/C23H26N4O3/c28-20-9-8-19(23(29)25-20)21-18-5-1-3-15(22(18)27(26-21)16-6-7-16)4-2-14-30-17-10-12-24-13-11-17/h1,3,5,16-17,19,24H,6-14H2,(H,25,28,29). The summed E-state index contributed by atoms with van der Waals surface area (Å²) in [7, 11) is 0. The number of hydrogen-bond acceptors (Lipinski definition) is 5. The maximum Gasteiger partial charge on any atom is 0.235 e. The number of aromatic nitrogens is 2. The summed E-state index contributed by atoms with van der Waals surface area (Å²) in [6.07, 6.45) is 5.37. The Balaban J connectivity index is 1.44. The summed E-state index contributed by atoms with van der Waals surface area (Å²) < 4.78 is 7.96. The number of para-hydroxylation sites is 1. The molecule has 7 heteroatoms. The summed E-state index contributed by atoms with van der Waals surface area (Å²) in [6.45, 7) is 2.42. The zero-order valence-electron chi connectivity index (χ0n) is 16.9. The van der Waals surface area contributed by atoms with Crippen molar-refractivity contribution in [3.63, 3.8) is 0 Å². The minimum absolute atomic E-state index is 0.206. The molecule has 3 heterocycles. The van der Waals surface area contributed by atoms with Crippen LogP contribution < -0.4 is 10.6 Å². The first kappa shape index (κ1) is 19.3. The lowest BCUT2D eigenvalue weighted by molar-refractivity contribution is -0.134. The lowest BCUT2D eigenvalue weighted by Gasteiger charge is -2.21. The van der Waals surface area contributed by atoms with Crippen LogP contribution in [0.1, 0.15) is 61.7 Å². The molecule has 1 saturated carbocycles. The van der Waals surface area contributed by atoms with E-state index in [9.17, 15) is 9.59 Å². The van der Waals surface area contributed by atoms with Crippen LogP contribution in [0.25, 0.3) is 10.9 Å². The fourth-order valence-corrected chi connectivity index (χ4v) is 4.37. The molecule has 1 aromatic heterocycles. The van der Waals surface area contributed by atoms with Crippen molar-refractivity contribution in [3.05, 3.63) is 29.5 Å². The second kappa shape index (κ2) is 8.21. The maximum absolute atomic E-state index is 12.5. The lowest BCUT2D eigenvalue weighted by Crippen LogP contribution is -2.39. The Kier molecular flexibility index (Phi) is 5.28. The quantitative estimate of drug-likeness (QED) is 0.599. The van der Waals surface area contributed by atoms with Gasteiger partial charge in [0.05, 0.1) is 34.8 Å². The Morgan fingerprint density at radius 2 is 1.97 bits per heavy atom. The molecule has 156 valence electrons. The van der Waals surface area contributed by atoms with Gasteiger partial charge in [-0.1, -0.05) is 24.0 Å². The van der Waals surface area contributed by atoms with Crippen LogP contribution in [-0.2, 0) is 14.3 Å². The molecule has 1 aliphatic carbocycles. The van der Waals surface area contributed by atoms with Crippen molar-refractivity contribution in [3.8, 4) is 11.8 Å². The maximum atomic E-state index is 12.5. The van der Waals surface area contributed by atoms with Crippen molar-refractivity contribution in [2.24, 2.45) is 0 Å². The predicted octanol–water partition coefficient (Wildman–Crippen LogP) is 2.01. The van der Waals surface area contributed by atoms with Crippen LogP contribution in [0.3, 0.4) is 0 Å². The summed E-state index contributed by atoms with van der Waals surface area (Å²) in [5.74, 6) is 5.60. The normalized spacial score (nSPS) is 22.6. The number of rotatable bonds is 4. The number of ether oxygens (including phenoxy) is 1. The van der Waals surface area contributed by atoms with Crippen molar-refractivity contribution in [2.45, 2.75) is 56.6 Å². The van der Waals surface area contributed by atoms with E-state index >= 15 is 0 Å². The number of benzene rings is 1. The third kappa shape index (κ3) is 3.85. The Morgan fingerprint density at radius 1 is 1.13 bits per heavy atom. The number of nitrogens with one attached hydrogen (secondary N) is 2. The molecule has 5 rings (SSSR count). The molecule has 2 aromatic rings. The van der Waals surface area contributed by atoms with Crippen LogP contribution >= 0.6 is 0 Å². The largest absolute Gasteiger partial charge is 0.365 e. The highest BCUT2D eigenvalue weighted by Gasteiger charge is 2.34. The van der Waals surface area contributed by atoms with Crippen molar-refractivity contribution >= 4 is 22.7 Å². The average Bonchev–Trinajstić information content (AvgIpc) is 3.53. The topological polar surface area (TPSA) is 85.2 Å². The molecule has 2 N–H and O–H groups in total. The average molecular weight is 406 g/mol. The zero-order valence-corrected chi connectivity index (χ0v) is 16.9. The van der Waals surface area contributed by atoms with E-state index in [1.807, 2.05) is 22.9 Å². The van der Waals surface area contributed by atoms with E-state index in [4.69, 9.17) is 9.84 Å². The minimum atomic E-state index is -0.392. The van der Waals surface area contributed by atoms with Crippen LogP contribution in [0.4, 0.5) is 0 Å². The molecule has 0 bridgehead atoms. The van der Waals surface area contributed by atoms with Crippen molar-refractivity contribution in [1.82, 2.24) is 20.4 Å². The smallest absolute Gasteiger partial charge is 0.235 e. The van der Waals surface area contributed by atoms with Gasteiger partial charge in [-0.05, 0) is 51.3 Å². The molecule has 7 nitrogen and oxygen atoms in total. The van der Waals surface area contributed by atoms with E-state index in [1.54, 1.807) is 0 Å². The van der Waals surface area contributed by atoms with Crippen LogP contribution in [0, 0.1) is 11.8 Å². The molecule has 1 aromatic carbocycles. The molecule has 3 fully saturated rings. The molecule has 0 radical (unpaired) electrons. The van der Waals surface area contributed by atoms with E-state index in [0.29, 0.717) is 25.5 Å². The van der Waals surface area contributed by atoms with Crippen LogP contribution in [0.2, 0.25) is 0 Å². The Bertz CT molecular complexity index is 1040. The molecule has 2 saturated heterocycles. The number of nitrogens with zero attached hydrogens (tertiary/aromatic N) is 2. The number of carbonyl (C=O) groups excluding carboxylic acids is 2. The van der Waals surface area contributed by atoms with E-state index in [0.717, 1.165) is 60.9 Å². The number of hydrogen-bond donors (Lipinski definition) is 2. The number of fused-ring (bicyclic) bond motifs is 1. The molecule has 30 heavy (non-hydrogen) atoms. The van der Waals surface area contributed by atoms with Crippen molar-refractivity contribution in [1.29, 1.82) is 0 Å². The van der Waals surface area contributed by atoms with Crippen molar-refractivity contribution < 1.29 is 14.3 Å². The van der Waals surface area contributed by atoms with Crippen LogP contribution in [-0.4, -0.2) is 47.4 Å². The van der Waals surface area contributed by atoms with Gasteiger partial charge >= 0.3 is 0 Å². The first-order valence-corrected chi connectivity index (χ1v) is 10.9. The highest BCUT2D eigenvalue weighted by Crippen LogP contribution is 2.40. The first-order chi connectivity index (χ1) is 14.7. The third-order valence-corrected chi connectivity index (χ3v) is 6.12. The zero-order chi connectivity index (χ0) is 20.5. The van der Waals surface area contributed by atoms with E-state index in [1.165, 1.54) is 0 Å².